The molecule has 0 amide bonds. The van der Waals surface area contributed by atoms with Gasteiger partial charge in [-0.25, -0.2) is 4.79 Å². The molecule has 0 aromatic heterocycles. The molecule has 0 unspecified atom stereocenters. The average molecular weight is 613 g/mol. The minimum atomic E-state index is -1.78. The van der Waals surface area contributed by atoms with Gasteiger partial charge in [-0.15, -0.1) is 0 Å². The lowest BCUT2D eigenvalue weighted by molar-refractivity contribution is -0.427. The van der Waals surface area contributed by atoms with Gasteiger partial charge in [0.15, 0.2) is 23.8 Å². The highest BCUT2D eigenvalue weighted by Gasteiger charge is 2.60. The summed E-state index contributed by atoms with van der Waals surface area (Å²) in [6, 6.07) is 29.6. The van der Waals surface area contributed by atoms with Crippen LogP contribution in [-0.2, 0) is 40.7 Å². The van der Waals surface area contributed by atoms with Crippen molar-refractivity contribution in [2.24, 2.45) is 11.5 Å². The van der Waals surface area contributed by atoms with E-state index in [1.54, 1.807) is 0 Å². The molecule has 0 aliphatic carbocycles. The Balaban J connectivity index is 1.28. The molecule has 0 spiro atoms. The fourth-order valence-corrected chi connectivity index (χ4v) is 5.31. The van der Waals surface area contributed by atoms with Crippen molar-refractivity contribution in [3.63, 3.8) is 0 Å². The molecule has 1 heterocycles. The van der Waals surface area contributed by atoms with Gasteiger partial charge in [0.05, 0.1) is 0 Å². The Morgan fingerprint density at radius 1 is 0.756 bits per heavy atom. The predicted octanol–water partition coefficient (Wildman–Crippen LogP) is 4.35. The lowest BCUT2D eigenvalue weighted by atomic mass is 9.82. The summed E-state index contributed by atoms with van der Waals surface area (Å²) in [5.41, 5.74) is 14.5. The second-order valence-corrected chi connectivity index (χ2v) is 11.4. The molecule has 1 aliphatic heterocycles. The highest BCUT2D eigenvalue weighted by atomic mass is 16.9. The molecule has 0 saturated carbocycles. The molecule has 234 valence electrons. The summed E-state index contributed by atoms with van der Waals surface area (Å²) in [6.45, 7) is 2.33. The van der Waals surface area contributed by atoms with Crippen molar-refractivity contribution in [1.29, 1.82) is 0 Å². The first-order valence-electron chi connectivity index (χ1n) is 14.4. The van der Waals surface area contributed by atoms with Crippen LogP contribution in [0.5, 0.6) is 11.5 Å². The van der Waals surface area contributed by atoms with Gasteiger partial charge >= 0.3 is 11.9 Å². The van der Waals surface area contributed by atoms with Crippen LogP contribution in [0.2, 0.25) is 0 Å². The Hall–Kier alpha value is -4.74. The Bertz CT molecular complexity index is 1670. The third kappa shape index (κ3) is 6.40. The molecule has 1 aliphatic rings. The summed E-state index contributed by atoms with van der Waals surface area (Å²) in [6.07, 6.45) is 0.0333. The van der Waals surface area contributed by atoms with Crippen LogP contribution in [0.25, 0.3) is 22.3 Å². The van der Waals surface area contributed by atoms with E-state index >= 15 is 0 Å². The maximum absolute atomic E-state index is 13.3. The Labute approximate surface area is 261 Å². The normalized spacial score (nSPS) is 16.4. The highest BCUT2D eigenvalue weighted by molar-refractivity contribution is 5.86. The zero-order valence-corrected chi connectivity index (χ0v) is 25.1. The first kappa shape index (κ1) is 31.7. The number of hydrogen-bond acceptors (Lipinski definition) is 10. The van der Waals surface area contributed by atoms with Crippen LogP contribution in [0.1, 0.15) is 25.0 Å². The number of phenolic OH excluding ortho intramolecular Hbond substituents is 2. The van der Waals surface area contributed by atoms with Crippen LogP contribution < -0.4 is 11.5 Å². The lowest BCUT2D eigenvalue weighted by Gasteiger charge is -2.49. The zero-order chi connectivity index (χ0) is 32.2. The number of aromatic hydroxyl groups is 2. The van der Waals surface area contributed by atoms with Crippen LogP contribution >= 0.6 is 0 Å². The number of benzene rings is 4. The molecule has 2 atom stereocenters. The van der Waals surface area contributed by atoms with Crippen molar-refractivity contribution in [3.8, 4) is 33.8 Å². The second kappa shape index (κ2) is 12.7. The van der Waals surface area contributed by atoms with Crippen LogP contribution in [0.15, 0.2) is 97.1 Å². The molecular formula is C35H36N2O8. The number of carbonyl (C=O) groups excluding carboxylic acids is 2. The zero-order valence-electron chi connectivity index (χ0n) is 25.1. The number of ether oxygens (including phenoxy) is 4. The van der Waals surface area contributed by atoms with E-state index in [0.717, 1.165) is 22.3 Å². The number of hydrogen-bond donors (Lipinski definition) is 4. The second-order valence-electron chi connectivity index (χ2n) is 11.4. The number of phenols is 2. The van der Waals surface area contributed by atoms with E-state index in [1.807, 2.05) is 78.9 Å². The molecule has 4 aromatic rings. The minimum absolute atomic E-state index is 0.0333. The van der Waals surface area contributed by atoms with E-state index in [4.69, 9.17) is 30.4 Å². The molecule has 6 N–H and O–H groups in total. The summed E-state index contributed by atoms with van der Waals surface area (Å²) < 4.78 is 22.5. The fraction of sp³-hybridized carbons (Fsp3) is 0.257. The molecular weight excluding hydrogens is 576 g/mol. The standard InChI is InChI=1S/C35H36N2O8/c1-33(36,21-23-13-16-29(38)30(39)19-23)31(40)42-17-18-43-32(41)34(2,37)35(44-22-45-35)26-14-15-27(24-9-5-3-6-10-24)28(20-26)25-11-7-4-8-12-25/h3-16,19-20,38-39H,17-18,21-22,36-37H2,1-2H3/t33-,34+/m1/s1. The summed E-state index contributed by atoms with van der Waals surface area (Å²) in [4.78, 5) is 26.0. The lowest BCUT2D eigenvalue weighted by Crippen LogP contribution is -2.68. The van der Waals surface area contributed by atoms with Gasteiger partial charge in [0.2, 0.25) is 5.79 Å². The summed E-state index contributed by atoms with van der Waals surface area (Å²) in [7, 11) is 0. The molecule has 45 heavy (non-hydrogen) atoms. The van der Waals surface area contributed by atoms with E-state index in [9.17, 15) is 19.8 Å². The van der Waals surface area contributed by atoms with E-state index in [2.05, 4.69) is 0 Å². The molecule has 10 nitrogen and oxygen atoms in total. The molecule has 0 bridgehead atoms. The smallest absolute Gasteiger partial charge is 0.332 e. The third-order valence-electron chi connectivity index (χ3n) is 7.83. The average Bonchev–Trinajstić information content (AvgIpc) is 3.01. The van der Waals surface area contributed by atoms with Crippen molar-refractivity contribution in [3.05, 3.63) is 108 Å². The van der Waals surface area contributed by atoms with Gasteiger partial charge in [-0.1, -0.05) is 78.9 Å². The van der Waals surface area contributed by atoms with E-state index in [1.165, 1.54) is 32.0 Å². The maximum atomic E-state index is 13.3. The summed E-state index contributed by atoms with van der Waals surface area (Å²) in [5.74, 6) is -3.79. The third-order valence-corrected chi connectivity index (χ3v) is 7.83. The topological polar surface area (TPSA) is 164 Å². The van der Waals surface area contributed by atoms with Crippen LogP contribution in [0.4, 0.5) is 0 Å². The summed E-state index contributed by atoms with van der Waals surface area (Å²) >= 11 is 0. The molecule has 10 heteroatoms. The SMILES string of the molecule is C[C@](N)(C(=O)OCCOC(=O)[C@](C)(N)Cc1ccc(O)c(O)c1)C1(c2ccc(-c3ccccc3)c(-c3ccccc3)c2)OCO1. The maximum Gasteiger partial charge on any atom is 0.332 e. The Kier molecular flexibility index (Phi) is 8.94. The van der Waals surface area contributed by atoms with Crippen LogP contribution in [-0.4, -0.2) is 53.2 Å². The van der Waals surface area contributed by atoms with E-state index < -0.39 is 28.8 Å². The quantitative estimate of drug-likeness (QED) is 0.109. The Morgan fingerprint density at radius 3 is 1.89 bits per heavy atom. The van der Waals surface area contributed by atoms with E-state index in [-0.39, 0.29) is 37.9 Å². The molecule has 1 fully saturated rings. The monoisotopic (exact) mass is 612 g/mol. The van der Waals surface area contributed by atoms with Gasteiger partial charge in [-0.2, -0.15) is 0 Å². The van der Waals surface area contributed by atoms with Crippen molar-refractivity contribution in [1.82, 2.24) is 0 Å². The van der Waals surface area contributed by atoms with Gasteiger partial charge in [0.1, 0.15) is 18.8 Å². The van der Waals surface area contributed by atoms with E-state index in [0.29, 0.717) is 11.1 Å². The molecule has 4 aromatic carbocycles. The van der Waals surface area contributed by atoms with Gasteiger partial charge in [-0.05, 0) is 59.9 Å². The highest BCUT2D eigenvalue weighted by Crippen LogP contribution is 2.46. The van der Waals surface area contributed by atoms with Gasteiger partial charge < -0.3 is 40.6 Å². The first-order valence-corrected chi connectivity index (χ1v) is 14.4. The summed E-state index contributed by atoms with van der Waals surface area (Å²) in [5, 5.41) is 19.2. The molecule has 1 saturated heterocycles. The van der Waals surface area contributed by atoms with Crippen molar-refractivity contribution in [2.75, 3.05) is 20.0 Å². The largest absolute Gasteiger partial charge is 0.504 e. The van der Waals surface area contributed by atoms with Gasteiger partial charge in [-0.3, -0.25) is 4.79 Å². The number of nitrogens with two attached hydrogens (primary N) is 2. The number of rotatable bonds is 11. The number of esters is 2. The van der Waals surface area contributed by atoms with Gasteiger partial charge in [0, 0.05) is 12.0 Å². The predicted molar refractivity (Wildman–Crippen MR) is 167 cm³/mol. The van der Waals surface area contributed by atoms with Crippen LogP contribution in [0, 0.1) is 0 Å². The fourth-order valence-electron chi connectivity index (χ4n) is 5.31. The van der Waals surface area contributed by atoms with Crippen molar-refractivity contribution < 1.29 is 38.7 Å². The molecule has 5 rings (SSSR count). The minimum Gasteiger partial charge on any atom is -0.504 e. The molecule has 0 radical (unpaired) electrons. The van der Waals surface area contributed by atoms with Gasteiger partial charge in [0.25, 0.3) is 0 Å². The number of carbonyl (C=O) groups is 2. The first-order chi connectivity index (χ1) is 21.4. The van der Waals surface area contributed by atoms with Crippen LogP contribution in [0.3, 0.4) is 0 Å². The Morgan fingerprint density at radius 2 is 1.33 bits per heavy atom. The van der Waals surface area contributed by atoms with Crippen molar-refractivity contribution >= 4 is 11.9 Å². The van der Waals surface area contributed by atoms with Crippen molar-refractivity contribution in [2.45, 2.75) is 37.1 Å².